The first-order valence-electron chi connectivity index (χ1n) is 6.97. The van der Waals surface area contributed by atoms with Gasteiger partial charge in [0, 0.05) is 6.54 Å². The molecule has 0 heterocycles. The van der Waals surface area contributed by atoms with Crippen LogP contribution in [0.4, 0.5) is 8.78 Å². The molecule has 2 aromatic carbocycles. The van der Waals surface area contributed by atoms with Crippen LogP contribution in [0, 0.1) is 17.6 Å². The van der Waals surface area contributed by atoms with Gasteiger partial charge in [-0.15, -0.1) is 0 Å². The molecule has 0 aliphatic carbocycles. The lowest BCUT2D eigenvalue weighted by Gasteiger charge is -2.10. The highest BCUT2D eigenvalue weighted by Gasteiger charge is 2.06. The maximum absolute atomic E-state index is 14.0. The summed E-state index contributed by atoms with van der Waals surface area (Å²) in [6.45, 7) is 5.74. The van der Waals surface area contributed by atoms with Crippen LogP contribution in [0.5, 0.6) is 11.5 Å². The molecule has 0 saturated heterocycles. The van der Waals surface area contributed by atoms with Crippen LogP contribution in [-0.4, -0.2) is 6.54 Å². The average molecular weight is 291 g/mol. The minimum Gasteiger partial charge on any atom is -0.454 e. The molecule has 0 aliphatic heterocycles. The third-order valence-electron chi connectivity index (χ3n) is 2.92. The smallest absolute Gasteiger partial charge is 0.166 e. The summed E-state index contributed by atoms with van der Waals surface area (Å²) in [5.41, 5.74) is 0.861. The van der Waals surface area contributed by atoms with Crippen molar-refractivity contribution >= 4 is 0 Å². The topological polar surface area (TPSA) is 21.3 Å². The van der Waals surface area contributed by atoms with E-state index in [0.29, 0.717) is 18.2 Å². The standard InChI is InChI=1S/C17H19F2NO/c1-12(2)10-20-11-13-3-8-17(16(19)9-13)21-15-6-4-14(18)5-7-15/h3-9,12,20H,10-11H2,1-2H3. The summed E-state index contributed by atoms with van der Waals surface area (Å²) < 4.78 is 32.2. The molecule has 2 nitrogen and oxygen atoms in total. The van der Waals surface area contributed by atoms with E-state index >= 15 is 0 Å². The molecule has 112 valence electrons. The Kier molecular flexibility index (Phi) is 5.28. The van der Waals surface area contributed by atoms with Crippen LogP contribution in [0.3, 0.4) is 0 Å². The number of rotatable bonds is 6. The molecule has 0 spiro atoms. The molecule has 0 amide bonds. The summed E-state index contributed by atoms with van der Waals surface area (Å²) >= 11 is 0. The van der Waals surface area contributed by atoms with Crippen molar-refractivity contribution in [3.63, 3.8) is 0 Å². The van der Waals surface area contributed by atoms with Crippen LogP contribution in [0.1, 0.15) is 19.4 Å². The van der Waals surface area contributed by atoms with Crippen molar-refractivity contribution in [3.8, 4) is 11.5 Å². The van der Waals surface area contributed by atoms with Gasteiger partial charge in [0.15, 0.2) is 11.6 Å². The normalized spacial score (nSPS) is 10.9. The molecule has 0 bridgehead atoms. The van der Waals surface area contributed by atoms with Crippen molar-refractivity contribution in [2.24, 2.45) is 5.92 Å². The van der Waals surface area contributed by atoms with Gasteiger partial charge >= 0.3 is 0 Å². The summed E-state index contributed by atoms with van der Waals surface area (Å²) in [5.74, 6) is 0.309. The minimum absolute atomic E-state index is 0.134. The van der Waals surface area contributed by atoms with Crippen molar-refractivity contribution in [1.29, 1.82) is 0 Å². The van der Waals surface area contributed by atoms with Gasteiger partial charge in [0.25, 0.3) is 0 Å². The Morgan fingerprint density at radius 2 is 1.76 bits per heavy atom. The van der Waals surface area contributed by atoms with E-state index in [4.69, 9.17) is 4.74 Å². The second-order valence-corrected chi connectivity index (χ2v) is 5.35. The predicted octanol–water partition coefficient (Wildman–Crippen LogP) is 4.50. The Balaban J connectivity index is 2.00. The highest BCUT2D eigenvalue weighted by atomic mass is 19.1. The lowest BCUT2D eigenvalue weighted by atomic mass is 10.2. The van der Waals surface area contributed by atoms with Crippen LogP contribution in [0.15, 0.2) is 42.5 Å². The van der Waals surface area contributed by atoms with E-state index < -0.39 is 5.82 Å². The highest BCUT2D eigenvalue weighted by molar-refractivity contribution is 5.34. The Hall–Kier alpha value is -1.94. The molecule has 0 fully saturated rings. The monoisotopic (exact) mass is 291 g/mol. The zero-order valence-corrected chi connectivity index (χ0v) is 12.2. The van der Waals surface area contributed by atoms with Crippen LogP contribution in [0.2, 0.25) is 0 Å². The second-order valence-electron chi connectivity index (χ2n) is 5.35. The molecule has 4 heteroatoms. The fraction of sp³-hybridized carbons (Fsp3) is 0.294. The molecule has 0 atom stereocenters. The number of nitrogens with one attached hydrogen (secondary N) is 1. The zero-order chi connectivity index (χ0) is 15.2. The van der Waals surface area contributed by atoms with Crippen LogP contribution in [-0.2, 0) is 6.54 Å². The minimum atomic E-state index is -0.428. The largest absolute Gasteiger partial charge is 0.454 e. The number of halogens is 2. The zero-order valence-electron chi connectivity index (χ0n) is 12.2. The molecule has 2 rings (SSSR count). The number of benzene rings is 2. The van der Waals surface area contributed by atoms with Gasteiger partial charge in [-0.2, -0.15) is 0 Å². The van der Waals surface area contributed by atoms with Gasteiger partial charge in [0.2, 0.25) is 0 Å². The molecule has 0 unspecified atom stereocenters. The number of hydrogen-bond acceptors (Lipinski definition) is 2. The van der Waals surface area contributed by atoms with Gasteiger partial charge in [-0.25, -0.2) is 8.78 Å². The van der Waals surface area contributed by atoms with Gasteiger partial charge in [-0.3, -0.25) is 0 Å². The lowest BCUT2D eigenvalue weighted by Crippen LogP contribution is -2.18. The lowest BCUT2D eigenvalue weighted by molar-refractivity contribution is 0.440. The van der Waals surface area contributed by atoms with Crippen LogP contribution >= 0.6 is 0 Å². The van der Waals surface area contributed by atoms with E-state index in [1.54, 1.807) is 6.07 Å². The third-order valence-corrected chi connectivity index (χ3v) is 2.92. The summed E-state index contributed by atoms with van der Waals surface area (Å²) in [4.78, 5) is 0. The first-order valence-corrected chi connectivity index (χ1v) is 6.97. The summed E-state index contributed by atoms with van der Waals surface area (Å²) in [6, 6.07) is 10.3. The fourth-order valence-electron chi connectivity index (χ4n) is 1.87. The summed E-state index contributed by atoms with van der Waals surface area (Å²) in [5, 5.41) is 3.25. The first kappa shape index (κ1) is 15.4. The van der Waals surface area contributed by atoms with Crippen molar-refractivity contribution < 1.29 is 13.5 Å². The Labute approximate surface area is 123 Å². The molecule has 0 aromatic heterocycles. The quantitative estimate of drug-likeness (QED) is 0.846. The SMILES string of the molecule is CC(C)CNCc1ccc(Oc2ccc(F)cc2)c(F)c1. The van der Waals surface area contributed by atoms with Gasteiger partial charge in [-0.05, 0) is 54.4 Å². The highest BCUT2D eigenvalue weighted by Crippen LogP contribution is 2.25. The molecule has 21 heavy (non-hydrogen) atoms. The number of ether oxygens (including phenoxy) is 1. The van der Waals surface area contributed by atoms with Gasteiger partial charge in [-0.1, -0.05) is 19.9 Å². The Bertz CT molecular complexity index is 582. The van der Waals surface area contributed by atoms with E-state index in [9.17, 15) is 8.78 Å². The maximum atomic E-state index is 14.0. The first-order chi connectivity index (χ1) is 10.0. The average Bonchev–Trinajstić information content (AvgIpc) is 2.44. The van der Waals surface area contributed by atoms with Crippen LogP contribution in [0.25, 0.3) is 0 Å². The predicted molar refractivity (Wildman–Crippen MR) is 79.4 cm³/mol. The maximum Gasteiger partial charge on any atom is 0.166 e. The van der Waals surface area contributed by atoms with Crippen molar-refractivity contribution in [2.75, 3.05) is 6.54 Å². The second kappa shape index (κ2) is 7.18. The molecular weight excluding hydrogens is 272 g/mol. The molecule has 0 radical (unpaired) electrons. The third kappa shape index (κ3) is 4.83. The van der Waals surface area contributed by atoms with E-state index in [2.05, 4.69) is 19.2 Å². The summed E-state index contributed by atoms with van der Waals surface area (Å²) in [6.07, 6.45) is 0. The molecule has 2 aromatic rings. The van der Waals surface area contributed by atoms with Gasteiger partial charge in [0.1, 0.15) is 11.6 Å². The van der Waals surface area contributed by atoms with E-state index in [0.717, 1.165) is 12.1 Å². The van der Waals surface area contributed by atoms with E-state index in [1.165, 1.54) is 30.3 Å². The Morgan fingerprint density at radius 1 is 1.05 bits per heavy atom. The van der Waals surface area contributed by atoms with Crippen molar-refractivity contribution in [3.05, 3.63) is 59.7 Å². The molecular formula is C17H19F2NO. The Morgan fingerprint density at radius 3 is 2.38 bits per heavy atom. The summed E-state index contributed by atoms with van der Waals surface area (Å²) in [7, 11) is 0. The molecule has 1 N–H and O–H groups in total. The number of hydrogen-bond donors (Lipinski definition) is 1. The van der Waals surface area contributed by atoms with Gasteiger partial charge in [0.05, 0.1) is 0 Å². The van der Waals surface area contributed by atoms with Crippen LogP contribution < -0.4 is 10.1 Å². The molecule has 0 aliphatic rings. The van der Waals surface area contributed by atoms with Crippen molar-refractivity contribution in [1.82, 2.24) is 5.32 Å². The van der Waals surface area contributed by atoms with E-state index in [-0.39, 0.29) is 11.6 Å². The molecule has 0 saturated carbocycles. The fourth-order valence-corrected chi connectivity index (χ4v) is 1.87. The van der Waals surface area contributed by atoms with Gasteiger partial charge < -0.3 is 10.1 Å². The van der Waals surface area contributed by atoms with Crippen molar-refractivity contribution in [2.45, 2.75) is 20.4 Å². The van der Waals surface area contributed by atoms with E-state index in [1.807, 2.05) is 6.07 Å².